The molecule has 3 rings (SSSR count). The van der Waals surface area contributed by atoms with Crippen molar-refractivity contribution in [2.75, 3.05) is 12.3 Å². The van der Waals surface area contributed by atoms with Crippen molar-refractivity contribution in [1.82, 2.24) is 14.9 Å². The monoisotopic (exact) mass is 365 g/mol. The third kappa shape index (κ3) is 4.83. The average molecular weight is 365 g/mol. The lowest BCUT2D eigenvalue weighted by atomic mass is 10.1. The van der Waals surface area contributed by atoms with Crippen molar-refractivity contribution >= 4 is 17.7 Å². The van der Waals surface area contributed by atoms with E-state index in [0.717, 1.165) is 23.9 Å². The van der Waals surface area contributed by atoms with Crippen LogP contribution in [0.25, 0.3) is 5.69 Å². The summed E-state index contributed by atoms with van der Waals surface area (Å²) in [5.74, 6) is 0.0535. The van der Waals surface area contributed by atoms with E-state index in [1.165, 1.54) is 10.1 Å². The Hall–Kier alpha value is -2.86. The molecule has 0 radical (unpaired) electrons. The van der Waals surface area contributed by atoms with Crippen LogP contribution in [-0.4, -0.2) is 27.8 Å². The largest absolute Gasteiger partial charge is 0.355 e. The minimum atomic E-state index is -0.221. The Morgan fingerprint density at radius 3 is 2.46 bits per heavy atom. The topological polar surface area (TPSA) is 64.0 Å². The van der Waals surface area contributed by atoms with Gasteiger partial charge in [-0.25, -0.2) is 4.98 Å². The highest BCUT2D eigenvalue weighted by Crippen LogP contribution is 2.11. The molecule has 2 aromatic carbocycles. The minimum Gasteiger partial charge on any atom is -0.355 e. The molecule has 0 aliphatic heterocycles. The predicted molar refractivity (Wildman–Crippen MR) is 104 cm³/mol. The highest BCUT2D eigenvalue weighted by Gasteiger charge is 2.09. The first-order valence-electron chi connectivity index (χ1n) is 8.30. The highest BCUT2D eigenvalue weighted by atomic mass is 32.2. The van der Waals surface area contributed by atoms with Crippen molar-refractivity contribution in [3.63, 3.8) is 0 Å². The van der Waals surface area contributed by atoms with Gasteiger partial charge in [0.05, 0.1) is 5.75 Å². The molecule has 0 saturated heterocycles. The van der Waals surface area contributed by atoms with Gasteiger partial charge in [0.25, 0.3) is 5.56 Å². The zero-order valence-corrected chi connectivity index (χ0v) is 15.0. The molecule has 132 valence electrons. The molecular formula is C20H19N3O2S. The van der Waals surface area contributed by atoms with Crippen molar-refractivity contribution in [1.29, 1.82) is 0 Å². The summed E-state index contributed by atoms with van der Waals surface area (Å²) in [7, 11) is 0. The van der Waals surface area contributed by atoms with Crippen LogP contribution < -0.4 is 10.9 Å². The smallest absolute Gasteiger partial charge is 0.287 e. The van der Waals surface area contributed by atoms with Crippen LogP contribution in [0.1, 0.15) is 5.56 Å². The van der Waals surface area contributed by atoms with E-state index in [9.17, 15) is 9.59 Å². The molecule has 5 nitrogen and oxygen atoms in total. The molecule has 1 N–H and O–H groups in total. The van der Waals surface area contributed by atoms with Gasteiger partial charge in [-0.3, -0.25) is 14.2 Å². The SMILES string of the molecule is O=C(CSc1nccn(-c2ccccc2)c1=O)NCCc1ccccc1. The summed E-state index contributed by atoms with van der Waals surface area (Å²) in [5, 5.41) is 3.19. The van der Waals surface area contributed by atoms with Gasteiger partial charge in [0.2, 0.25) is 5.91 Å². The van der Waals surface area contributed by atoms with Gasteiger partial charge in [-0.15, -0.1) is 0 Å². The summed E-state index contributed by atoms with van der Waals surface area (Å²) < 4.78 is 1.53. The summed E-state index contributed by atoms with van der Waals surface area (Å²) in [5.41, 5.74) is 1.73. The van der Waals surface area contributed by atoms with Crippen molar-refractivity contribution in [2.24, 2.45) is 0 Å². The van der Waals surface area contributed by atoms with Gasteiger partial charge in [0, 0.05) is 24.6 Å². The fourth-order valence-electron chi connectivity index (χ4n) is 2.46. The van der Waals surface area contributed by atoms with Gasteiger partial charge < -0.3 is 5.32 Å². The van der Waals surface area contributed by atoms with E-state index in [2.05, 4.69) is 10.3 Å². The zero-order valence-electron chi connectivity index (χ0n) is 14.2. The van der Waals surface area contributed by atoms with Crippen molar-refractivity contribution in [3.05, 3.63) is 89.0 Å². The number of amides is 1. The van der Waals surface area contributed by atoms with Gasteiger partial charge in [-0.1, -0.05) is 60.3 Å². The molecule has 1 heterocycles. The van der Waals surface area contributed by atoms with Crippen LogP contribution >= 0.6 is 11.8 Å². The first-order valence-corrected chi connectivity index (χ1v) is 9.29. The van der Waals surface area contributed by atoms with E-state index in [4.69, 9.17) is 0 Å². The first-order chi connectivity index (χ1) is 12.7. The standard InChI is InChI=1S/C20H19N3O2S/c24-18(21-12-11-16-7-3-1-4-8-16)15-26-19-20(25)23(14-13-22-19)17-9-5-2-6-10-17/h1-10,13-14H,11-12,15H2,(H,21,24). The molecule has 1 aromatic heterocycles. The maximum atomic E-state index is 12.5. The third-order valence-electron chi connectivity index (χ3n) is 3.76. The summed E-state index contributed by atoms with van der Waals surface area (Å²) in [6, 6.07) is 19.3. The van der Waals surface area contributed by atoms with Crippen molar-refractivity contribution in [2.45, 2.75) is 11.4 Å². The molecule has 0 saturated carbocycles. The number of carbonyl (C=O) groups is 1. The molecule has 0 bridgehead atoms. The number of hydrogen-bond donors (Lipinski definition) is 1. The molecule has 0 aliphatic carbocycles. The van der Waals surface area contributed by atoms with Crippen molar-refractivity contribution < 1.29 is 4.79 Å². The highest BCUT2D eigenvalue weighted by molar-refractivity contribution is 7.99. The number of rotatable bonds is 7. The maximum absolute atomic E-state index is 12.5. The number of nitrogens with one attached hydrogen (secondary N) is 1. The number of thioether (sulfide) groups is 1. The Labute approximate surface area is 156 Å². The lowest BCUT2D eigenvalue weighted by Gasteiger charge is -2.07. The summed E-state index contributed by atoms with van der Waals surface area (Å²) in [6.07, 6.45) is 3.98. The second kappa shape index (κ2) is 9.01. The second-order valence-electron chi connectivity index (χ2n) is 5.62. The molecule has 0 atom stereocenters. The number of nitrogens with zero attached hydrogens (tertiary/aromatic N) is 2. The molecule has 0 fully saturated rings. The van der Waals surface area contributed by atoms with E-state index in [1.54, 1.807) is 12.4 Å². The molecule has 0 aliphatic rings. The van der Waals surface area contributed by atoms with E-state index in [0.29, 0.717) is 11.6 Å². The Balaban J connectivity index is 1.55. The fourth-order valence-corrected chi connectivity index (χ4v) is 3.19. The van der Waals surface area contributed by atoms with E-state index >= 15 is 0 Å². The van der Waals surface area contributed by atoms with Crippen molar-refractivity contribution in [3.8, 4) is 5.69 Å². The first kappa shape index (κ1) is 17.9. The number of carbonyl (C=O) groups excluding carboxylic acids is 1. The zero-order chi connectivity index (χ0) is 18.2. The number of hydrogen-bond acceptors (Lipinski definition) is 4. The van der Waals surface area contributed by atoms with Crippen LogP contribution in [0.2, 0.25) is 0 Å². The number of benzene rings is 2. The van der Waals surface area contributed by atoms with Gasteiger partial charge in [-0.05, 0) is 24.1 Å². The second-order valence-corrected chi connectivity index (χ2v) is 6.58. The Bertz CT molecular complexity index is 911. The summed E-state index contributed by atoms with van der Waals surface area (Å²) in [6.45, 7) is 0.569. The Morgan fingerprint density at radius 1 is 1.04 bits per heavy atom. The number of para-hydroxylation sites is 1. The van der Waals surface area contributed by atoms with E-state index in [-0.39, 0.29) is 17.2 Å². The van der Waals surface area contributed by atoms with Gasteiger partial charge in [0.1, 0.15) is 0 Å². The Kier molecular flexibility index (Phi) is 6.22. The summed E-state index contributed by atoms with van der Waals surface area (Å²) >= 11 is 1.15. The summed E-state index contributed by atoms with van der Waals surface area (Å²) in [4.78, 5) is 28.6. The molecular weight excluding hydrogens is 346 g/mol. The lowest BCUT2D eigenvalue weighted by Crippen LogP contribution is -2.28. The molecule has 0 unspecified atom stereocenters. The molecule has 1 amide bonds. The van der Waals surface area contributed by atoms with Crippen LogP contribution in [0.15, 0.2) is 82.9 Å². The average Bonchev–Trinajstić information content (AvgIpc) is 2.69. The maximum Gasteiger partial charge on any atom is 0.287 e. The fraction of sp³-hybridized carbons (Fsp3) is 0.150. The van der Waals surface area contributed by atoms with Crippen LogP contribution in [-0.2, 0) is 11.2 Å². The van der Waals surface area contributed by atoms with Crippen LogP contribution in [0.5, 0.6) is 0 Å². The van der Waals surface area contributed by atoms with Crippen LogP contribution in [0.3, 0.4) is 0 Å². The minimum absolute atomic E-state index is 0.109. The van der Waals surface area contributed by atoms with Crippen LogP contribution in [0, 0.1) is 0 Å². The quantitative estimate of drug-likeness (QED) is 0.654. The van der Waals surface area contributed by atoms with Gasteiger partial charge in [-0.2, -0.15) is 0 Å². The Morgan fingerprint density at radius 2 is 1.73 bits per heavy atom. The molecule has 26 heavy (non-hydrogen) atoms. The lowest BCUT2D eigenvalue weighted by molar-refractivity contribution is -0.118. The van der Waals surface area contributed by atoms with Gasteiger partial charge in [0.15, 0.2) is 5.03 Å². The van der Waals surface area contributed by atoms with Gasteiger partial charge >= 0.3 is 0 Å². The normalized spacial score (nSPS) is 10.5. The number of aromatic nitrogens is 2. The van der Waals surface area contributed by atoms with E-state index in [1.807, 2.05) is 60.7 Å². The molecule has 0 spiro atoms. The predicted octanol–water partition coefficient (Wildman–Crippen LogP) is 2.68. The molecule has 6 heteroatoms. The molecule has 3 aromatic rings. The third-order valence-corrected chi connectivity index (χ3v) is 4.72. The van der Waals surface area contributed by atoms with Crippen LogP contribution in [0.4, 0.5) is 0 Å². The van der Waals surface area contributed by atoms with E-state index < -0.39 is 0 Å².